The van der Waals surface area contributed by atoms with Crippen LogP contribution in [0.1, 0.15) is 30.0 Å². The molecule has 2 radical (unpaired) electrons. The van der Waals surface area contributed by atoms with E-state index >= 15 is 0 Å². The average molecular weight is 562 g/mol. The highest BCUT2D eigenvalue weighted by Crippen LogP contribution is 2.38. The molecule has 0 unspecified atom stereocenters. The van der Waals surface area contributed by atoms with Crippen molar-refractivity contribution in [1.29, 1.82) is 0 Å². The lowest BCUT2D eigenvalue weighted by atomic mass is 9.94. The zero-order chi connectivity index (χ0) is 25.4. The molecule has 1 aromatic carbocycles. The molecule has 0 saturated carbocycles. The van der Waals surface area contributed by atoms with Crippen LogP contribution in [0, 0.1) is 0 Å². The third-order valence-corrected chi connectivity index (χ3v) is 9.55. The minimum absolute atomic E-state index is 0.0245. The molecule has 1 saturated heterocycles. The van der Waals surface area contributed by atoms with E-state index in [0.29, 0.717) is 43.6 Å². The van der Waals surface area contributed by atoms with Gasteiger partial charge in [0.2, 0.25) is 10.0 Å². The lowest BCUT2D eigenvalue weighted by Gasteiger charge is -2.31. The summed E-state index contributed by atoms with van der Waals surface area (Å²) in [4.78, 5) is 8.85. The Morgan fingerprint density at radius 3 is 2.58 bits per heavy atom. The number of hydrogen-bond donors (Lipinski definition) is 1. The van der Waals surface area contributed by atoms with Crippen LogP contribution in [0.25, 0.3) is 5.65 Å². The number of piperidine rings is 1. The molecule has 1 N–H and O–H groups in total. The monoisotopic (exact) mass is 560 g/mol. The van der Waals surface area contributed by atoms with E-state index in [1.54, 1.807) is 23.1 Å². The van der Waals surface area contributed by atoms with Gasteiger partial charge in [0, 0.05) is 55.9 Å². The SMILES string of the molecule is [B]c1cnn2c(NCc3cccnc3)cc(C3CCN(S(=O)(=O)c4ccc(Cl)c(Cl)c4Cl)CC3)nc12. The summed E-state index contributed by atoms with van der Waals surface area (Å²) in [6.07, 6.45) is 6.24. The van der Waals surface area contributed by atoms with Gasteiger partial charge < -0.3 is 5.32 Å². The molecule has 13 heteroatoms. The number of nitrogens with one attached hydrogen (secondary N) is 1. The number of fused-ring (bicyclic) bond motifs is 1. The van der Waals surface area contributed by atoms with Crippen molar-refractivity contribution in [3.8, 4) is 0 Å². The number of pyridine rings is 1. The van der Waals surface area contributed by atoms with Crippen LogP contribution in [0.3, 0.4) is 0 Å². The summed E-state index contributed by atoms with van der Waals surface area (Å²) >= 11 is 18.3. The molecule has 4 aromatic rings. The normalized spacial score (nSPS) is 15.4. The van der Waals surface area contributed by atoms with Crippen LogP contribution in [-0.4, -0.2) is 53.2 Å². The Morgan fingerprint density at radius 1 is 1.08 bits per heavy atom. The zero-order valence-electron chi connectivity index (χ0n) is 18.9. The van der Waals surface area contributed by atoms with E-state index in [1.807, 2.05) is 18.2 Å². The second-order valence-corrected chi connectivity index (χ2v) is 11.5. The van der Waals surface area contributed by atoms with E-state index in [1.165, 1.54) is 16.4 Å². The number of nitrogens with zero attached hydrogens (tertiary/aromatic N) is 5. The number of sulfonamides is 1. The maximum absolute atomic E-state index is 13.3. The molecule has 3 aromatic heterocycles. The van der Waals surface area contributed by atoms with Gasteiger partial charge in [-0.05, 0) is 42.1 Å². The first-order valence-electron chi connectivity index (χ1n) is 11.2. The molecule has 5 rings (SSSR count). The van der Waals surface area contributed by atoms with Crippen molar-refractivity contribution in [1.82, 2.24) is 23.9 Å². The van der Waals surface area contributed by atoms with Crippen molar-refractivity contribution in [3.63, 3.8) is 0 Å². The Hall–Kier alpha value is -2.37. The van der Waals surface area contributed by atoms with Gasteiger partial charge in [-0.3, -0.25) is 4.98 Å². The summed E-state index contributed by atoms with van der Waals surface area (Å²) in [5.74, 6) is 0.784. The summed E-state index contributed by atoms with van der Waals surface area (Å²) in [7, 11) is 2.30. The van der Waals surface area contributed by atoms with E-state index in [-0.39, 0.29) is 25.9 Å². The number of anilines is 1. The molecule has 0 aliphatic carbocycles. The van der Waals surface area contributed by atoms with Crippen molar-refractivity contribution < 1.29 is 8.42 Å². The fourth-order valence-corrected chi connectivity index (χ4v) is 6.69. The second-order valence-electron chi connectivity index (χ2n) is 8.47. The van der Waals surface area contributed by atoms with Crippen molar-refractivity contribution in [3.05, 3.63) is 75.2 Å². The number of benzene rings is 1. The number of rotatable bonds is 6. The standard InChI is InChI=1S/C23H20BCl3N6O2S/c24-16-13-30-33-20(29-12-14-2-1-7-28-11-14)10-18(31-23(16)33)15-5-8-32(9-6-15)36(34,35)19-4-3-17(25)21(26)22(19)27/h1-4,7,10-11,13,15,29H,5-6,8-9,12H2. The molecule has 1 fully saturated rings. The Kier molecular flexibility index (Phi) is 7.15. The van der Waals surface area contributed by atoms with Gasteiger partial charge in [0.1, 0.15) is 24.2 Å². The molecule has 1 aliphatic rings. The molecule has 0 amide bonds. The van der Waals surface area contributed by atoms with Crippen molar-refractivity contribution in [2.45, 2.75) is 30.2 Å². The largest absolute Gasteiger partial charge is 0.366 e. The van der Waals surface area contributed by atoms with Gasteiger partial charge >= 0.3 is 0 Å². The summed E-state index contributed by atoms with van der Waals surface area (Å²) < 4.78 is 29.6. The average Bonchev–Trinajstić information content (AvgIpc) is 3.27. The summed E-state index contributed by atoms with van der Waals surface area (Å²) in [5.41, 5.74) is 2.87. The highest BCUT2D eigenvalue weighted by molar-refractivity contribution is 7.89. The highest BCUT2D eigenvalue weighted by atomic mass is 35.5. The van der Waals surface area contributed by atoms with Crippen LogP contribution in [-0.2, 0) is 16.6 Å². The fourth-order valence-electron chi connectivity index (χ4n) is 4.27. The Bertz CT molecular complexity index is 1530. The topological polar surface area (TPSA) is 92.5 Å². The molecule has 1 aliphatic heterocycles. The minimum Gasteiger partial charge on any atom is -0.366 e. The lowest BCUT2D eigenvalue weighted by molar-refractivity contribution is 0.317. The van der Waals surface area contributed by atoms with Crippen molar-refractivity contribution in [2.75, 3.05) is 18.4 Å². The van der Waals surface area contributed by atoms with E-state index in [4.69, 9.17) is 47.6 Å². The zero-order valence-corrected chi connectivity index (χ0v) is 22.0. The number of hydrogen-bond acceptors (Lipinski definition) is 6. The van der Waals surface area contributed by atoms with Crippen molar-refractivity contribution in [2.24, 2.45) is 0 Å². The van der Waals surface area contributed by atoms with Gasteiger partial charge in [-0.15, -0.1) is 0 Å². The van der Waals surface area contributed by atoms with Crippen LogP contribution in [0.5, 0.6) is 0 Å². The smallest absolute Gasteiger partial charge is 0.244 e. The second kappa shape index (κ2) is 10.2. The first kappa shape index (κ1) is 25.3. The highest BCUT2D eigenvalue weighted by Gasteiger charge is 2.33. The molecule has 0 spiro atoms. The number of halogens is 3. The van der Waals surface area contributed by atoms with Crippen LogP contribution in [0.15, 0.2) is 53.8 Å². The van der Waals surface area contributed by atoms with Crippen LogP contribution < -0.4 is 10.8 Å². The molecule has 4 heterocycles. The predicted octanol–water partition coefficient (Wildman–Crippen LogP) is 4.06. The summed E-state index contributed by atoms with van der Waals surface area (Å²) in [6.45, 7) is 1.17. The molecule has 0 bridgehead atoms. The Labute approximate surface area is 225 Å². The number of aromatic nitrogens is 4. The third kappa shape index (κ3) is 4.80. The molecule has 184 valence electrons. The molecular weight excluding hydrogens is 542 g/mol. The Morgan fingerprint density at radius 2 is 1.86 bits per heavy atom. The predicted molar refractivity (Wildman–Crippen MR) is 142 cm³/mol. The quantitative estimate of drug-likeness (QED) is 0.282. The molecule has 0 atom stereocenters. The lowest BCUT2D eigenvalue weighted by Crippen LogP contribution is -2.38. The maximum Gasteiger partial charge on any atom is 0.244 e. The maximum atomic E-state index is 13.3. The first-order valence-corrected chi connectivity index (χ1v) is 13.7. The van der Waals surface area contributed by atoms with Gasteiger partial charge in [0.15, 0.2) is 0 Å². The van der Waals surface area contributed by atoms with E-state index in [0.717, 1.165) is 17.1 Å². The third-order valence-electron chi connectivity index (χ3n) is 6.21. The van der Waals surface area contributed by atoms with E-state index in [9.17, 15) is 8.42 Å². The van der Waals surface area contributed by atoms with Gasteiger partial charge in [0.25, 0.3) is 0 Å². The first-order chi connectivity index (χ1) is 17.3. The van der Waals surface area contributed by atoms with Gasteiger partial charge in [-0.2, -0.15) is 13.9 Å². The molecular formula is C23H20BCl3N6O2S. The fraction of sp³-hybridized carbons (Fsp3) is 0.261. The Balaban J connectivity index is 1.37. The summed E-state index contributed by atoms with van der Waals surface area (Å²) in [5, 5.41) is 7.89. The molecule has 8 nitrogen and oxygen atoms in total. The van der Waals surface area contributed by atoms with Crippen LogP contribution in [0.4, 0.5) is 5.82 Å². The van der Waals surface area contributed by atoms with Crippen LogP contribution >= 0.6 is 34.8 Å². The van der Waals surface area contributed by atoms with Crippen molar-refractivity contribution >= 4 is 69.6 Å². The van der Waals surface area contributed by atoms with Gasteiger partial charge in [-0.1, -0.05) is 40.9 Å². The van der Waals surface area contributed by atoms with E-state index in [2.05, 4.69) is 15.4 Å². The van der Waals surface area contributed by atoms with Crippen LogP contribution in [0.2, 0.25) is 15.1 Å². The van der Waals surface area contributed by atoms with Gasteiger partial charge in [-0.25, -0.2) is 13.4 Å². The minimum atomic E-state index is -3.83. The molecule has 36 heavy (non-hydrogen) atoms. The summed E-state index contributed by atoms with van der Waals surface area (Å²) in [6, 6.07) is 8.62. The van der Waals surface area contributed by atoms with Gasteiger partial charge in [0.05, 0.1) is 15.1 Å². The van der Waals surface area contributed by atoms with E-state index < -0.39 is 10.0 Å².